The van der Waals surface area contributed by atoms with Crippen LogP contribution >= 0.6 is 0 Å². The average Bonchev–Trinajstić information content (AvgIpc) is 3.26. The summed E-state index contributed by atoms with van der Waals surface area (Å²) < 4.78 is 1.79. The number of amides is 1. The molecule has 7 nitrogen and oxygen atoms in total. The SMILES string of the molecule is CC[C@@H](Cc1ccccc1)NC(=O)c1cccc(Nc2nc3ccccc3nc2-n2nc(C)cc2C)c1. The molecule has 0 saturated heterocycles. The summed E-state index contributed by atoms with van der Waals surface area (Å²) in [5.74, 6) is 1.07. The van der Waals surface area contributed by atoms with Gasteiger partial charge in [0.25, 0.3) is 5.91 Å². The number of aryl methyl sites for hydroxylation is 2. The summed E-state index contributed by atoms with van der Waals surface area (Å²) in [6, 6.07) is 27.5. The molecule has 0 bridgehead atoms. The average molecular weight is 491 g/mol. The number of para-hydroxylation sites is 2. The Morgan fingerprint density at radius 2 is 1.62 bits per heavy atom. The van der Waals surface area contributed by atoms with Crippen LogP contribution in [-0.4, -0.2) is 31.7 Å². The van der Waals surface area contributed by atoms with Crippen molar-refractivity contribution in [3.05, 3.63) is 107 Å². The van der Waals surface area contributed by atoms with E-state index in [4.69, 9.17) is 9.97 Å². The Bertz CT molecular complexity index is 1540. The molecule has 5 aromatic rings. The third kappa shape index (κ3) is 5.51. The van der Waals surface area contributed by atoms with Gasteiger partial charge in [0, 0.05) is 23.0 Å². The van der Waals surface area contributed by atoms with Gasteiger partial charge in [-0.3, -0.25) is 4.79 Å². The topological polar surface area (TPSA) is 84.7 Å². The number of aromatic nitrogens is 4. The maximum Gasteiger partial charge on any atom is 0.251 e. The molecule has 2 heterocycles. The van der Waals surface area contributed by atoms with Gasteiger partial charge in [-0.2, -0.15) is 5.10 Å². The van der Waals surface area contributed by atoms with E-state index < -0.39 is 0 Å². The predicted octanol–water partition coefficient (Wildman–Crippen LogP) is 5.93. The molecule has 2 aromatic heterocycles. The van der Waals surface area contributed by atoms with Crippen molar-refractivity contribution in [2.24, 2.45) is 0 Å². The van der Waals surface area contributed by atoms with Crippen LogP contribution in [0.1, 0.15) is 40.7 Å². The molecule has 186 valence electrons. The number of nitrogens with one attached hydrogen (secondary N) is 2. The third-order valence-corrected chi connectivity index (χ3v) is 6.30. The van der Waals surface area contributed by atoms with E-state index in [1.165, 1.54) is 5.56 Å². The lowest BCUT2D eigenvalue weighted by molar-refractivity contribution is 0.0936. The number of benzene rings is 3. The van der Waals surface area contributed by atoms with Gasteiger partial charge < -0.3 is 10.6 Å². The smallest absolute Gasteiger partial charge is 0.251 e. The standard InChI is InChI=1S/C30H30N6O/c1-4-24(18-22-11-6-5-7-12-22)32-30(37)23-13-10-14-25(19-23)31-28-29(36-21(3)17-20(2)35-36)34-27-16-9-8-15-26(27)33-28/h5-17,19,24H,4,18H2,1-3H3,(H,31,33)(H,32,37)/t24-/m0/s1. The molecule has 0 aliphatic carbocycles. The minimum atomic E-state index is -0.102. The van der Waals surface area contributed by atoms with Gasteiger partial charge in [-0.25, -0.2) is 14.6 Å². The highest BCUT2D eigenvalue weighted by Crippen LogP contribution is 2.25. The van der Waals surface area contributed by atoms with E-state index in [0.717, 1.165) is 41.0 Å². The first-order valence-corrected chi connectivity index (χ1v) is 12.5. The summed E-state index contributed by atoms with van der Waals surface area (Å²) >= 11 is 0. The number of hydrogen-bond acceptors (Lipinski definition) is 5. The van der Waals surface area contributed by atoms with Crippen molar-refractivity contribution in [2.75, 3.05) is 5.32 Å². The molecular weight excluding hydrogens is 460 g/mol. The molecule has 5 rings (SSSR count). The van der Waals surface area contributed by atoms with Crippen LogP contribution in [0.3, 0.4) is 0 Å². The summed E-state index contributed by atoms with van der Waals surface area (Å²) in [7, 11) is 0. The van der Waals surface area contributed by atoms with Crippen molar-refractivity contribution in [2.45, 2.75) is 39.7 Å². The Balaban J connectivity index is 1.42. The minimum Gasteiger partial charge on any atom is -0.349 e. The van der Waals surface area contributed by atoms with E-state index in [9.17, 15) is 4.79 Å². The molecule has 7 heteroatoms. The molecule has 0 fully saturated rings. The fraction of sp³-hybridized carbons (Fsp3) is 0.200. The fourth-order valence-electron chi connectivity index (χ4n) is 4.41. The van der Waals surface area contributed by atoms with Crippen molar-refractivity contribution in [1.82, 2.24) is 25.1 Å². The van der Waals surface area contributed by atoms with E-state index in [2.05, 4.69) is 34.8 Å². The van der Waals surface area contributed by atoms with E-state index >= 15 is 0 Å². The van der Waals surface area contributed by atoms with E-state index in [0.29, 0.717) is 17.2 Å². The highest BCUT2D eigenvalue weighted by atomic mass is 16.1. The van der Waals surface area contributed by atoms with Gasteiger partial charge >= 0.3 is 0 Å². The van der Waals surface area contributed by atoms with Crippen LogP contribution in [0.5, 0.6) is 0 Å². The van der Waals surface area contributed by atoms with Crippen LogP contribution in [0, 0.1) is 13.8 Å². The van der Waals surface area contributed by atoms with Gasteiger partial charge in [0.1, 0.15) is 0 Å². The van der Waals surface area contributed by atoms with Crippen molar-refractivity contribution in [3.63, 3.8) is 0 Å². The number of carbonyl (C=O) groups is 1. The Morgan fingerprint density at radius 3 is 2.32 bits per heavy atom. The molecule has 0 aliphatic rings. The molecule has 0 aliphatic heterocycles. The maximum absolute atomic E-state index is 13.1. The predicted molar refractivity (Wildman–Crippen MR) is 148 cm³/mol. The summed E-state index contributed by atoms with van der Waals surface area (Å²) in [4.78, 5) is 22.8. The number of carbonyl (C=O) groups excluding carboxylic acids is 1. The lowest BCUT2D eigenvalue weighted by Crippen LogP contribution is -2.36. The number of fused-ring (bicyclic) bond motifs is 1. The summed E-state index contributed by atoms with van der Waals surface area (Å²) in [6.07, 6.45) is 1.64. The Kier molecular flexibility index (Phi) is 6.94. The van der Waals surface area contributed by atoms with Crippen LogP contribution in [0.25, 0.3) is 16.9 Å². The molecule has 1 amide bonds. The highest BCUT2D eigenvalue weighted by molar-refractivity contribution is 5.95. The molecule has 37 heavy (non-hydrogen) atoms. The summed E-state index contributed by atoms with van der Waals surface area (Å²) in [5, 5.41) is 11.2. The Labute approximate surface area is 216 Å². The van der Waals surface area contributed by atoms with Crippen molar-refractivity contribution >= 4 is 28.4 Å². The monoisotopic (exact) mass is 490 g/mol. The number of hydrogen-bond donors (Lipinski definition) is 2. The fourth-order valence-corrected chi connectivity index (χ4v) is 4.41. The number of nitrogens with zero attached hydrogens (tertiary/aromatic N) is 4. The zero-order valence-electron chi connectivity index (χ0n) is 21.3. The zero-order chi connectivity index (χ0) is 25.8. The van der Waals surface area contributed by atoms with Crippen LogP contribution < -0.4 is 10.6 Å². The lowest BCUT2D eigenvalue weighted by Gasteiger charge is -2.18. The van der Waals surface area contributed by atoms with E-state index in [1.807, 2.05) is 86.6 Å². The van der Waals surface area contributed by atoms with Gasteiger partial charge in [-0.1, -0.05) is 55.5 Å². The van der Waals surface area contributed by atoms with Gasteiger partial charge in [-0.15, -0.1) is 0 Å². The van der Waals surface area contributed by atoms with Gasteiger partial charge in [-0.05, 0) is 68.7 Å². The molecule has 2 N–H and O–H groups in total. The first-order valence-electron chi connectivity index (χ1n) is 12.5. The molecule has 0 spiro atoms. The molecule has 0 radical (unpaired) electrons. The maximum atomic E-state index is 13.1. The molecule has 1 atom stereocenters. The van der Waals surface area contributed by atoms with Gasteiger partial charge in [0.2, 0.25) is 0 Å². The van der Waals surface area contributed by atoms with Crippen molar-refractivity contribution in [3.8, 4) is 5.82 Å². The zero-order valence-corrected chi connectivity index (χ0v) is 21.3. The highest BCUT2D eigenvalue weighted by Gasteiger charge is 2.17. The third-order valence-electron chi connectivity index (χ3n) is 6.30. The quantitative estimate of drug-likeness (QED) is 0.282. The van der Waals surface area contributed by atoms with Crippen LogP contribution in [0.4, 0.5) is 11.5 Å². The first kappa shape index (κ1) is 24.2. The molecule has 0 saturated carbocycles. The minimum absolute atomic E-state index is 0.0514. The summed E-state index contributed by atoms with van der Waals surface area (Å²) in [6.45, 7) is 6.03. The molecule has 0 unspecified atom stereocenters. The van der Waals surface area contributed by atoms with Crippen molar-refractivity contribution in [1.29, 1.82) is 0 Å². The van der Waals surface area contributed by atoms with Crippen LogP contribution in [0.2, 0.25) is 0 Å². The first-order chi connectivity index (χ1) is 18.0. The van der Waals surface area contributed by atoms with Gasteiger partial charge in [0.15, 0.2) is 11.6 Å². The number of rotatable bonds is 8. The second kappa shape index (κ2) is 10.6. The summed E-state index contributed by atoms with van der Waals surface area (Å²) in [5.41, 5.74) is 5.95. The van der Waals surface area contributed by atoms with Crippen LogP contribution in [-0.2, 0) is 6.42 Å². The lowest BCUT2D eigenvalue weighted by atomic mass is 10.0. The number of anilines is 2. The van der Waals surface area contributed by atoms with E-state index in [1.54, 1.807) is 4.68 Å². The van der Waals surface area contributed by atoms with Crippen molar-refractivity contribution < 1.29 is 4.79 Å². The second-order valence-electron chi connectivity index (χ2n) is 9.20. The van der Waals surface area contributed by atoms with Gasteiger partial charge in [0.05, 0.1) is 16.7 Å². The van der Waals surface area contributed by atoms with E-state index in [-0.39, 0.29) is 11.9 Å². The Morgan fingerprint density at radius 1 is 0.892 bits per heavy atom. The Hall–Kier alpha value is -4.52. The molecule has 3 aromatic carbocycles. The van der Waals surface area contributed by atoms with Crippen LogP contribution in [0.15, 0.2) is 84.9 Å². The normalized spacial score (nSPS) is 11.9. The molecular formula is C30H30N6O. The second-order valence-corrected chi connectivity index (χ2v) is 9.20. The largest absolute Gasteiger partial charge is 0.349 e.